The molecule has 0 saturated carbocycles. The zero-order valence-corrected chi connectivity index (χ0v) is 13.0. The number of nitrogens with zero attached hydrogens (tertiary/aromatic N) is 1. The highest BCUT2D eigenvalue weighted by atomic mass is 16.5. The SMILES string of the molecule is O=C1COc2cc3c(cc2N1Cc1ccccc1)CCNCC3. The van der Waals surface area contributed by atoms with Crippen molar-refractivity contribution in [3.8, 4) is 5.75 Å². The molecule has 4 nitrogen and oxygen atoms in total. The van der Waals surface area contributed by atoms with Crippen LogP contribution in [0.25, 0.3) is 0 Å². The summed E-state index contributed by atoms with van der Waals surface area (Å²) < 4.78 is 5.70. The first kappa shape index (κ1) is 14.3. The summed E-state index contributed by atoms with van der Waals surface area (Å²) in [5.41, 5.74) is 4.70. The Kier molecular flexibility index (Phi) is 3.75. The standard InChI is InChI=1S/C19H20N2O2/c22-19-13-23-18-11-16-7-9-20-8-6-15(16)10-17(18)21(19)12-14-4-2-1-3-5-14/h1-5,10-11,20H,6-9,12-13H2. The van der Waals surface area contributed by atoms with Crippen LogP contribution >= 0.6 is 0 Å². The van der Waals surface area contributed by atoms with Gasteiger partial charge in [0, 0.05) is 0 Å². The number of amides is 1. The van der Waals surface area contributed by atoms with E-state index in [0.717, 1.165) is 42.9 Å². The smallest absolute Gasteiger partial charge is 0.265 e. The molecule has 118 valence electrons. The van der Waals surface area contributed by atoms with Gasteiger partial charge < -0.3 is 15.0 Å². The second-order valence-corrected chi connectivity index (χ2v) is 6.09. The molecule has 2 heterocycles. The highest BCUT2D eigenvalue weighted by molar-refractivity contribution is 5.98. The summed E-state index contributed by atoms with van der Waals surface area (Å²) in [4.78, 5) is 14.2. The van der Waals surface area contributed by atoms with Crippen LogP contribution in [0.15, 0.2) is 42.5 Å². The largest absolute Gasteiger partial charge is 0.482 e. The fraction of sp³-hybridized carbons (Fsp3) is 0.316. The molecule has 0 aromatic heterocycles. The van der Waals surface area contributed by atoms with Crippen molar-refractivity contribution in [2.75, 3.05) is 24.6 Å². The number of hydrogen-bond acceptors (Lipinski definition) is 3. The Labute approximate surface area is 136 Å². The average molecular weight is 308 g/mol. The number of carbonyl (C=O) groups is 1. The van der Waals surface area contributed by atoms with Gasteiger partial charge in [-0.25, -0.2) is 0 Å². The van der Waals surface area contributed by atoms with Crippen LogP contribution in [0, 0.1) is 0 Å². The molecule has 0 atom stereocenters. The van der Waals surface area contributed by atoms with Gasteiger partial charge in [-0.1, -0.05) is 30.3 Å². The normalized spacial score (nSPS) is 17.0. The molecule has 4 heteroatoms. The zero-order valence-electron chi connectivity index (χ0n) is 13.0. The maximum Gasteiger partial charge on any atom is 0.265 e. The summed E-state index contributed by atoms with van der Waals surface area (Å²) in [5.74, 6) is 0.856. The summed E-state index contributed by atoms with van der Waals surface area (Å²) in [6.07, 6.45) is 2.01. The van der Waals surface area contributed by atoms with Gasteiger partial charge in [0.15, 0.2) is 6.61 Å². The molecule has 0 unspecified atom stereocenters. The van der Waals surface area contributed by atoms with Crippen LogP contribution in [-0.4, -0.2) is 25.6 Å². The summed E-state index contributed by atoms with van der Waals surface area (Å²) in [7, 11) is 0. The average Bonchev–Trinajstić information content (AvgIpc) is 2.82. The van der Waals surface area contributed by atoms with Crippen molar-refractivity contribution in [3.05, 3.63) is 59.2 Å². The lowest BCUT2D eigenvalue weighted by atomic mass is 10.00. The number of anilines is 1. The molecular weight excluding hydrogens is 288 g/mol. The van der Waals surface area contributed by atoms with Gasteiger partial charge in [0.1, 0.15) is 5.75 Å². The predicted octanol–water partition coefficient (Wildman–Crippen LogP) is 2.30. The van der Waals surface area contributed by atoms with Crippen LogP contribution < -0.4 is 15.0 Å². The van der Waals surface area contributed by atoms with Crippen LogP contribution in [-0.2, 0) is 24.2 Å². The van der Waals surface area contributed by atoms with E-state index in [2.05, 4.69) is 29.6 Å². The Morgan fingerprint density at radius 3 is 2.57 bits per heavy atom. The van der Waals surface area contributed by atoms with Gasteiger partial charge in [0.05, 0.1) is 12.2 Å². The van der Waals surface area contributed by atoms with Gasteiger partial charge in [-0.05, 0) is 54.8 Å². The van der Waals surface area contributed by atoms with Gasteiger partial charge in [-0.2, -0.15) is 0 Å². The van der Waals surface area contributed by atoms with Gasteiger partial charge in [-0.3, -0.25) is 4.79 Å². The molecule has 4 rings (SSSR count). The van der Waals surface area contributed by atoms with E-state index in [9.17, 15) is 4.79 Å². The minimum atomic E-state index is 0.0213. The van der Waals surface area contributed by atoms with Crippen LogP contribution in [0.4, 0.5) is 5.69 Å². The van der Waals surface area contributed by atoms with Crippen molar-refractivity contribution in [1.82, 2.24) is 5.32 Å². The van der Waals surface area contributed by atoms with E-state index in [1.807, 2.05) is 23.1 Å². The monoisotopic (exact) mass is 308 g/mol. The fourth-order valence-electron chi connectivity index (χ4n) is 3.31. The first-order valence-electron chi connectivity index (χ1n) is 8.15. The van der Waals surface area contributed by atoms with Crippen LogP contribution in [0.1, 0.15) is 16.7 Å². The van der Waals surface area contributed by atoms with Crippen molar-refractivity contribution in [3.63, 3.8) is 0 Å². The molecule has 0 fully saturated rings. The lowest BCUT2D eigenvalue weighted by molar-refractivity contribution is -0.121. The molecule has 1 N–H and O–H groups in total. The van der Waals surface area contributed by atoms with Crippen molar-refractivity contribution < 1.29 is 9.53 Å². The molecule has 2 aliphatic rings. The van der Waals surface area contributed by atoms with Gasteiger partial charge in [0.2, 0.25) is 0 Å². The Hall–Kier alpha value is -2.33. The number of ether oxygens (including phenoxy) is 1. The molecule has 0 saturated heterocycles. The van der Waals surface area contributed by atoms with Gasteiger partial charge >= 0.3 is 0 Å². The summed E-state index contributed by atoms with van der Waals surface area (Å²) in [6, 6.07) is 14.4. The molecule has 1 amide bonds. The first-order chi connectivity index (χ1) is 11.3. The van der Waals surface area contributed by atoms with Crippen LogP contribution in [0.3, 0.4) is 0 Å². The van der Waals surface area contributed by atoms with Crippen molar-refractivity contribution in [2.24, 2.45) is 0 Å². The summed E-state index contributed by atoms with van der Waals surface area (Å²) in [5, 5.41) is 3.42. The van der Waals surface area contributed by atoms with E-state index in [1.54, 1.807) is 0 Å². The summed E-state index contributed by atoms with van der Waals surface area (Å²) >= 11 is 0. The quantitative estimate of drug-likeness (QED) is 0.925. The Balaban J connectivity index is 1.72. The van der Waals surface area contributed by atoms with Crippen molar-refractivity contribution in [2.45, 2.75) is 19.4 Å². The first-order valence-corrected chi connectivity index (χ1v) is 8.15. The zero-order chi connectivity index (χ0) is 15.6. The third-order valence-electron chi connectivity index (χ3n) is 4.55. The molecule has 0 bridgehead atoms. The number of fused-ring (bicyclic) bond motifs is 2. The van der Waals surface area contributed by atoms with Crippen LogP contribution in [0.5, 0.6) is 5.75 Å². The molecule has 0 spiro atoms. The highest BCUT2D eigenvalue weighted by Gasteiger charge is 2.27. The van der Waals surface area contributed by atoms with Gasteiger partial charge in [-0.15, -0.1) is 0 Å². The van der Waals surface area contributed by atoms with E-state index in [-0.39, 0.29) is 12.5 Å². The minimum Gasteiger partial charge on any atom is -0.482 e. The molecule has 0 radical (unpaired) electrons. The number of benzene rings is 2. The van der Waals surface area contributed by atoms with E-state index in [4.69, 9.17) is 4.74 Å². The maximum absolute atomic E-state index is 12.4. The fourth-order valence-corrected chi connectivity index (χ4v) is 3.31. The topological polar surface area (TPSA) is 41.6 Å². The molecule has 2 aromatic rings. The lowest BCUT2D eigenvalue weighted by Gasteiger charge is -2.30. The molecule has 23 heavy (non-hydrogen) atoms. The Bertz CT molecular complexity index is 728. The molecule has 2 aromatic carbocycles. The second kappa shape index (κ2) is 6.05. The van der Waals surface area contributed by atoms with E-state index in [0.29, 0.717) is 6.54 Å². The molecular formula is C19H20N2O2. The number of hydrogen-bond donors (Lipinski definition) is 1. The lowest BCUT2D eigenvalue weighted by Crippen LogP contribution is -2.38. The predicted molar refractivity (Wildman–Crippen MR) is 89.8 cm³/mol. The Morgan fingerprint density at radius 2 is 1.78 bits per heavy atom. The van der Waals surface area contributed by atoms with Gasteiger partial charge in [0.25, 0.3) is 5.91 Å². The third-order valence-corrected chi connectivity index (χ3v) is 4.55. The molecule has 2 aliphatic heterocycles. The van der Waals surface area contributed by atoms with E-state index < -0.39 is 0 Å². The number of rotatable bonds is 2. The Morgan fingerprint density at radius 1 is 1.04 bits per heavy atom. The second-order valence-electron chi connectivity index (χ2n) is 6.09. The van der Waals surface area contributed by atoms with Crippen molar-refractivity contribution >= 4 is 11.6 Å². The van der Waals surface area contributed by atoms with Crippen LogP contribution in [0.2, 0.25) is 0 Å². The van der Waals surface area contributed by atoms with E-state index >= 15 is 0 Å². The summed E-state index contributed by atoms with van der Waals surface area (Å²) in [6.45, 7) is 2.70. The number of carbonyl (C=O) groups excluding carboxylic acids is 1. The maximum atomic E-state index is 12.4. The van der Waals surface area contributed by atoms with Crippen molar-refractivity contribution in [1.29, 1.82) is 0 Å². The minimum absolute atomic E-state index is 0.0213. The third kappa shape index (κ3) is 2.82. The molecule has 0 aliphatic carbocycles. The highest BCUT2D eigenvalue weighted by Crippen LogP contribution is 2.36. The van der Waals surface area contributed by atoms with E-state index in [1.165, 1.54) is 11.1 Å². The number of nitrogens with one attached hydrogen (secondary N) is 1.